The van der Waals surface area contributed by atoms with E-state index in [1.54, 1.807) is 0 Å². The Kier molecular flexibility index (Phi) is 6.24. The van der Waals surface area contributed by atoms with Crippen LogP contribution in [-0.4, -0.2) is 27.9 Å². The Labute approximate surface area is 203 Å². The van der Waals surface area contributed by atoms with Crippen molar-refractivity contribution in [3.8, 4) is 22.5 Å². The lowest BCUT2D eigenvalue weighted by molar-refractivity contribution is -0.140. The number of nitrogens with zero attached hydrogens (tertiary/aromatic N) is 1. The van der Waals surface area contributed by atoms with Gasteiger partial charge in [0.1, 0.15) is 6.10 Å². The molecular formula is C29H27NO5. The minimum atomic E-state index is -0.865. The van der Waals surface area contributed by atoms with E-state index < -0.39 is 17.5 Å². The molecule has 0 radical (unpaired) electrons. The van der Waals surface area contributed by atoms with Crippen LogP contribution in [0.3, 0.4) is 0 Å². The second-order valence-electron chi connectivity index (χ2n) is 9.07. The fraction of sp³-hybridized carbons (Fsp3) is 0.241. The summed E-state index contributed by atoms with van der Waals surface area (Å²) in [7, 11) is 0. The van der Waals surface area contributed by atoms with Gasteiger partial charge in [0, 0.05) is 5.56 Å². The molecule has 6 nitrogen and oxygen atoms in total. The number of aryl methyl sites for hydroxylation is 1. The second kappa shape index (κ2) is 9.49. The maximum Gasteiger partial charge on any atom is 0.314 e. The van der Waals surface area contributed by atoms with Crippen LogP contribution >= 0.6 is 0 Å². The fourth-order valence-corrected chi connectivity index (χ4v) is 4.47. The molecule has 1 saturated carbocycles. The summed E-state index contributed by atoms with van der Waals surface area (Å²) in [6.45, 7) is 2.35. The molecule has 1 fully saturated rings. The van der Waals surface area contributed by atoms with Crippen molar-refractivity contribution in [1.29, 1.82) is 0 Å². The summed E-state index contributed by atoms with van der Waals surface area (Å²) >= 11 is 0. The summed E-state index contributed by atoms with van der Waals surface area (Å²) in [5.74, 6) is -0.224. The molecule has 1 aliphatic rings. The molecule has 2 N–H and O–H groups in total. The Bertz CT molecular complexity index is 1310. The molecule has 0 amide bonds. The predicted molar refractivity (Wildman–Crippen MR) is 132 cm³/mol. The molecule has 0 aliphatic heterocycles. The maximum absolute atomic E-state index is 11.6. The summed E-state index contributed by atoms with van der Waals surface area (Å²) in [5, 5.41) is 24.4. The molecule has 1 aliphatic carbocycles. The topological polar surface area (TPSA) is 92.8 Å². The summed E-state index contributed by atoms with van der Waals surface area (Å²) in [5.41, 5.74) is 5.27. The average Bonchev–Trinajstić information content (AvgIpc) is 3.61. The van der Waals surface area contributed by atoms with Gasteiger partial charge in [0.15, 0.2) is 5.76 Å². The lowest BCUT2D eigenvalue weighted by Crippen LogP contribution is -2.19. The Balaban J connectivity index is 1.29. The Hall–Kier alpha value is -3.74. The first-order chi connectivity index (χ1) is 17.0. The zero-order valence-electron chi connectivity index (χ0n) is 19.5. The van der Waals surface area contributed by atoms with Crippen molar-refractivity contribution in [2.45, 2.75) is 37.9 Å². The van der Waals surface area contributed by atoms with Crippen molar-refractivity contribution >= 4 is 5.97 Å². The number of aliphatic hydroxyl groups is 1. The van der Waals surface area contributed by atoms with Gasteiger partial charge >= 0.3 is 5.97 Å². The summed E-state index contributed by atoms with van der Waals surface area (Å²) in [6.07, 6.45) is 0.521. The van der Waals surface area contributed by atoms with E-state index in [0.29, 0.717) is 36.5 Å². The van der Waals surface area contributed by atoms with Gasteiger partial charge < -0.3 is 19.5 Å². The van der Waals surface area contributed by atoms with E-state index in [4.69, 9.17) is 9.26 Å². The highest BCUT2D eigenvalue weighted by Crippen LogP contribution is 2.48. The zero-order valence-corrected chi connectivity index (χ0v) is 19.5. The standard InChI is InChI=1S/C29H27NO5/c1-19-26(25(31)18-34-17-20-5-3-2-4-6-20)27(35-30-19)23-9-7-21(8-10-23)22-11-13-24(14-12-22)29(15-16-29)28(32)33/h2-14,25,31H,15-18H2,1H3,(H,32,33). The average molecular weight is 470 g/mol. The smallest absolute Gasteiger partial charge is 0.314 e. The van der Waals surface area contributed by atoms with Crippen LogP contribution < -0.4 is 0 Å². The maximum atomic E-state index is 11.6. The number of aromatic nitrogens is 1. The Morgan fingerprint density at radius 2 is 1.57 bits per heavy atom. The van der Waals surface area contributed by atoms with Crippen molar-refractivity contribution in [1.82, 2.24) is 5.16 Å². The summed E-state index contributed by atoms with van der Waals surface area (Å²) in [4.78, 5) is 11.6. The van der Waals surface area contributed by atoms with Crippen molar-refractivity contribution in [3.05, 3.63) is 101 Å². The van der Waals surface area contributed by atoms with E-state index in [0.717, 1.165) is 27.8 Å². The third-order valence-corrected chi connectivity index (χ3v) is 6.71. The van der Waals surface area contributed by atoms with E-state index in [1.807, 2.05) is 85.8 Å². The molecule has 35 heavy (non-hydrogen) atoms. The van der Waals surface area contributed by atoms with E-state index in [1.165, 1.54) is 0 Å². The van der Waals surface area contributed by atoms with Gasteiger partial charge in [-0.2, -0.15) is 0 Å². The molecule has 178 valence electrons. The van der Waals surface area contributed by atoms with Crippen LogP contribution in [0, 0.1) is 6.92 Å². The number of carboxylic acids is 1. The normalized spacial score (nSPS) is 15.0. The molecule has 0 bridgehead atoms. The minimum Gasteiger partial charge on any atom is -0.481 e. The number of aliphatic hydroxyl groups excluding tert-OH is 1. The quantitative estimate of drug-likeness (QED) is 0.327. The number of carboxylic acid groups (broad SMARTS) is 1. The van der Waals surface area contributed by atoms with Crippen molar-refractivity contribution < 1.29 is 24.3 Å². The number of benzene rings is 3. The summed E-state index contributed by atoms with van der Waals surface area (Å²) in [6, 6.07) is 25.4. The van der Waals surface area contributed by atoms with Crippen LogP contribution in [0.25, 0.3) is 22.5 Å². The van der Waals surface area contributed by atoms with Gasteiger partial charge in [-0.15, -0.1) is 0 Å². The highest BCUT2D eigenvalue weighted by atomic mass is 16.5. The molecule has 0 spiro atoms. The lowest BCUT2D eigenvalue weighted by atomic mass is 9.93. The lowest BCUT2D eigenvalue weighted by Gasteiger charge is -2.13. The van der Waals surface area contributed by atoms with Gasteiger partial charge in [0.25, 0.3) is 0 Å². The highest BCUT2D eigenvalue weighted by Gasteiger charge is 2.51. The van der Waals surface area contributed by atoms with Gasteiger partial charge in [-0.1, -0.05) is 84.0 Å². The Morgan fingerprint density at radius 1 is 0.971 bits per heavy atom. The van der Waals surface area contributed by atoms with Crippen LogP contribution in [0.2, 0.25) is 0 Å². The number of hydrogen-bond donors (Lipinski definition) is 2. The molecule has 1 unspecified atom stereocenters. The molecule has 3 aromatic carbocycles. The van der Waals surface area contributed by atoms with Gasteiger partial charge in [-0.3, -0.25) is 4.79 Å². The van der Waals surface area contributed by atoms with Crippen LogP contribution in [0.1, 0.15) is 41.3 Å². The molecule has 1 atom stereocenters. The molecule has 1 heterocycles. The zero-order chi connectivity index (χ0) is 24.4. The highest BCUT2D eigenvalue weighted by molar-refractivity contribution is 5.85. The van der Waals surface area contributed by atoms with Crippen LogP contribution in [0.5, 0.6) is 0 Å². The van der Waals surface area contributed by atoms with Crippen molar-refractivity contribution in [3.63, 3.8) is 0 Å². The molecule has 6 heteroatoms. The number of carbonyl (C=O) groups is 1. The summed E-state index contributed by atoms with van der Waals surface area (Å²) < 4.78 is 11.3. The van der Waals surface area contributed by atoms with Gasteiger partial charge in [-0.25, -0.2) is 0 Å². The molecule has 0 saturated heterocycles. The third-order valence-electron chi connectivity index (χ3n) is 6.71. The first-order valence-corrected chi connectivity index (χ1v) is 11.7. The van der Waals surface area contributed by atoms with E-state index in [-0.39, 0.29) is 6.61 Å². The molecular weight excluding hydrogens is 442 g/mol. The number of hydrogen-bond acceptors (Lipinski definition) is 5. The minimum absolute atomic E-state index is 0.131. The number of rotatable bonds is 9. The molecule has 5 rings (SSSR count). The van der Waals surface area contributed by atoms with Crippen LogP contribution in [0.4, 0.5) is 0 Å². The van der Waals surface area contributed by atoms with Gasteiger partial charge in [0.2, 0.25) is 0 Å². The first kappa shape index (κ1) is 23.0. The largest absolute Gasteiger partial charge is 0.481 e. The van der Waals surface area contributed by atoms with Crippen molar-refractivity contribution in [2.24, 2.45) is 0 Å². The van der Waals surface area contributed by atoms with E-state index in [2.05, 4.69) is 5.16 Å². The van der Waals surface area contributed by atoms with Crippen LogP contribution in [0.15, 0.2) is 83.4 Å². The predicted octanol–water partition coefficient (Wildman–Crippen LogP) is 5.68. The van der Waals surface area contributed by atoms with E-state index >= 15 is 0 Å². The second-order valence-corrected chi connectivity index (χ2v) is 9.07. The van der Waals surface area contributed by atoms with Crippen molar-refractivity contribution in [2.75, 3.05) is 6.61 Å². The Morgan fingerprint density at radius 3 is 2.17 bits per heavy atom. The SMILES string of the molecule is Cc1noc(-c2ccc(-c3ccc(C4(C(=O)O)CC4)cc3)cc2)c1C(O)COCc1ccccc1. The van der Waals surface area contributed by atoms with E-state index in [9.17, 15) is 15.0 Å². The molecule has 1 aromatic heterocycles. The monoisotopic (exact) mass is 469 g/mol. The first-order valence-electron chi connectivity index (χ1n) is 11.7. The molecule has 4 aromatic rings. The number of ether oxygens (including phenoxy) is 1. The van der Waals surface area contributed by atoms with Crippen LogP contribution in [-0.2, 0) is 21.6 Å². The fourth-order valence-electron chi connectivity index (χ4n) is 4.47. The number of aliphatic carboxylic acids is 1. The van der Waals surface area contributed by atoms with Gasteiger partial charge in [-0.05, 0) is 42.0 Å². The third kappa shape index (κ3) is 4.63. The van der Waals surface area contributed by atoms with Gasteiger partial charge in [0.05, 0.1) is 29.9 Å².